The topological polar surface area (TPSA) is 55.8 Å². The highest BCUT2D eigenvalue weighted by Gasteiger charge is 2.13. The van der Waals surface area contributed by atoms with E-state index >= 15 is 0 Å². The molecule has 7 heteroatoms. The number of carbonyl (C=O) groups is 2. The van der Waals surface area contributed by atoms with E-state index in [9.17, 15) is 14.0 Å². The van der Waals surface area contributed by atoms with E-state index in [1.54, 1.807) is 20.0 Å². The summed E-state index contributed by atoms with van der Waals surface area (Å²) < 4.78 is 24.0. The number of likely N-dealkylation sites (N-methyl/N-ethyl adjacent to an activating group) is 1. The van der Waals surface area contributed by atoms with Gasteiger partial charge in [0.05, 0.1) is 13.0 Å². The van der Waals surface area contributed by atoms with E-state index in [1.807, 2.05) is 0 Å². The Labute approximate surface area is 131 Å². The van der Waals surface area contributed by atoms with Gasteiger partial charge in [-0.3, -0.25) is 9.59 Å². The molecule has 0 atom stereocenters. The van der Waals surface area contributed by atoms with Crippen LogP contribution in [0, 0.1) is 5.82 Å². The van der Waals surface area contributed by atoms with Crippen LogP contribution in [0.5, 0.6) is 5.75 Å². The Balaban J connectivity index is 2.40. The minimum absolute atomic E-state index is 0.00495. The van der Waals surface area contributed by atoms with Gasteiger partial charge in [0.15, 0.2) is 18.2 Å². The van der Waals surface area contributed by atoms with Crippen LogP contribution in [0.3, 0.4) is 0 Å². The third-order valence-electron chi connectivity index (χ3n) is 2.63. The lowest BCUT2D eigenvalue weighted by Crippen LogP contribution is -2.33. The van der Waals surface area contributed by atoms with Crippen molar-refractivity contribution in [3.63, 3.8) is 0 Å². The molecular weight excluding hydrogens is 345 g/mol. The van der Waals surface area contributed by atoms with Crippen LogP contribution in [-0.4, -0.2) is 43.6 Å². The van der Waals surface area contributed by atoms with Gasteiger partial charge in [0.1, 0.15) is 0 Å². The highest BCUT2D eigenvalue weighted by atomic mass is 79.9. The van der Waals surface area contributed by atoms with Crippen molar-refractivity contribution in [2.75, 3.05) is 26.8 Å². The van der Waals surface area contributed by atoms with Gasteiger partial charge in [-0.15, -0.1) is 0 Å². The lowest BCUT2D eigenvalue weighted by Gasteiger charge is -2.17. The number of nitrogens with zero attached hydrogens (tertiary/aromatic N) is 1. The number of ether oxygens (including phenoxy) is 2. The summed E-state index contributed by atoms with van der Waals surface area (Å²) in [6, 6.07) is 4.31. The molecule has 0 aromatic heterocycles. The fourth-order valence-electron chi connectivity index (χ4n) is 1.46. The molecule has 21 heavy (non-hydrogen) atoms. The summed E-state index contributed by atoms with van der Waals surface area (Å²) in [5.41, 5.74) is 0. The van der Waals surface area contributed by atoms with Gasteiger partial charge in [-0.25, -0.2) is 4.39 Å². The molecule has 1 aromatic rings. The number of rotatable bonds is 7. The molecular formula is C14H17BrFNO4. The van der Waals surface area contributed by atoms with Crippen molar-refractivity contribution in [3.8, 4) is 5.75 Å². The summed E-state index contributed by atoms with van der Waals surface area (Å²) in [5, 5.41) is 0. The molecule has 5 nitrogen and oxygen atoms in total. The van der Waals surface area contributed by atoms with Gasteiger partial charge in [-0.05, 0) is 25.1 Å². The van der Waals surface area contributed by atoms with Crippen molar-refractivity contribution in [3.05, 3.63) is 28.5 Å². The van der Waals surface area contributed by atoms with Crippen molar-refractivity contribution in [1.82, 2.24) is 4.90 Å². The van der Waals surface area contributed by atoms with Gasteiger partial charge in [-0.2, -0.15) is 0 Å². The molecule has 1 rings (SSSR count). The van der Waals surface area contributed by atoms with Gasteiger partial charge < -0.3 is 14.4 Å². The number of halogens is 2. The fraction of sp³-hybridized carbons (Fsp3) is 0.429. The summed E-state index contributed by atoms with van der Waals surface area (Å²) in [5.74, 6) is -1.25. The minimum Gasteiger partial charge on any atom is -0.481 e. The highest BCUT2D eigenvalue weighted by Crippen LogP contribution is 2.21. The molecule has 0 spiro atoms. The first-order valence-electron chi connectivity index (χ1n) is 6.41. The zero-order chi connectivity index (χ0) is 15.8. The van der Waals surface area contributed by atoms with Crippen LogP contribution in [0.4, 0.5) is 4.39 Å². The Morgan fingerprint density at radius 1 is 1.38 bits per heavy atom. The van der Waals surface area contributed by atoms with Crippen LogP contribution in [0.2, 0.25) is 0 Å². The number of esters is 1. The summed E-state index contributed by atoms with van der Waals surface area (Å²) in [6.45, 7) is 1.96. The standard InChI is InChI=1S/C14H17BrFNO4/c1-3-20-14(19)6-7-17(2)13(18)9-21-12-5-4-10(15)8-11(12)16/h4-5,8H,3,6-7,9H2,1-2H3. The van der Waals surface area contributed by atoms with Gasteiger partial charge in [0.2, 0.25) is 0 Å². The second-order valence-corrected chi connectivity index (χ2v) is 5.15. The summed E-state index contributed by atoms with van der Waals surface area (Å²) in [7, 11) is 1.54. The third kappa shape index (κ3) is 6.12. The van der Waals surface area contributed by atoms with Crippen LogP contribution in [-0.2, 0) is 14.3 Å². The zero-order valence-corrected chi connectivity index (χ0v) is 13.5. The van der Waals surface area contributed by atoms with Crippen LogP contribution in [0.1, 0.15) is 13.3 Å². The molecule has 0 saturated heterocycles. The molecule has 0 aliphatic carbocycles. The first-order valence-corrected chi connectivity index (χ1v) is 7.20. The molecule has 0 aliphatic heterocycles. The molecule has 0 aliphatic rings. The van der Waals surface area contributed by atoms with E-state index in [1.165, 1.54) is 17.0 Å². The molecule has 1 aromatic carbocycles. The Morgan fingerprint density at radius 2 is 2.10 bits per heavy atom. The largest absolute Gasteiger partial charge is 0.481 e. The lowest BCUT2D eigenvalue weighted by molar-refractivity contribution is -0.144. The summed E-state index contributed by atoms with van der Waals surface area (Å²) >= 11 is 3.13. The van der Waals surface area contributed by atoms with Crippen LogP contribution in [0.25, 0.3) is 0 Å². The van der Waals surface area contributed by atoms with Gasteiger partial charge in [-0.1, -0.05) is 15.9 Å². The maximum absolute atomic E-state index is 13.5. The van der Waals surface area contributed by atoms with Crippen LogP contribution in [0.15, 0.2) is 22.7 Å². The normalized spacial score (nSPS) is 10.1. The lowest BCUT2D eigenvalue weighted by atomic mass is 10.3. The van der Waals surface area contributed by atoms with E-state index < -0.39 is 5.82 Å². The molecule has 1 amide bonds. The van der Waals surface area contributed by atoms with Crippen molar-refractivity contribution in [2.24, 2.45) is 0 Å². The second kappa shape index (κ2) is 8.61. The Bertz CT molecular complexity index is 510. The fourth-order valence-corrected chi connectivity index (χ4v) is 1.79. The summed E-state index contributed by atoms with van der Waals surface area (Å²) in [4.78, 5) is 24.3. The average Bonchev–Trinajstić information content (AvgIpc) is 2.43. The second-order valence-electron chi connectivity index (χ2n) is 4.23. The molecule has 0 unspecified atom stereocenters. The number of hydrogen-bond acceptors (Lipinski definition) is 4. The molecule has 0 N–H and O–H groups in total. The molecule has 116 valence electrons. The summed E-state index contributed by atoms with van der Waals surface area (Å²) in [6.07, 6.45) is 0.114. The number of amides is 1. The Morgan fingerprint density at radius 3 is 2.71 bits per heavy atom. The molecule has 0 bridgehead atoms. The minimum atomic E-state index is -0.550. The average molecular weight is 362 g/mol. The van der Waals surface area contributed by atoms with E-state index in [4.69, 9.17) is 9.47 Å². The predicted octanol–water partition coefficient (Wildman–Crippen LogP) is 2.38. The van der Waals surface area contributed by atoms with Gasteiger partial charge in [0, 0.05) is 18.1 Å². The molecule has 0 heterocycles. The van der Waals surface area contributed by atoms with Crippen LogP contribution < -0.4 is 4.74 Å². The van der Waals surface area contributed by atoms with Crippen molar-refractivity contribution >= 4 is 27.8 Å². The Kier molecular flexibility index (Phi) is 7.14. The monoisotopic (exact) mass is 361 g/mol. The van der Waals surface area contributed by atoms with Gasteiger partial charge >= 0.3 is 5.97 Å². The van der Waals surface area contributed by atoms with Crippen molar-refractivity contribution in [2.45, 2.75) is 13.3 Å². The van der Waals surface area contributed by atoms with Crippen molar-refractivity contribution < 1.29 is 23.5 Å². The van der Waals surface area contributed by atoms with E-state index in [0.717, 1.165) is 0 Å². The first kappa shape index (κ1) is 17.4. The SMILES string of the molecule is CCOC(=O)CCN(C)C(=O)COc1ccc(Br)cc1F. The molecule has 0 radical (unpaired) electrons. The predicted molar refractivity (Wildman–Crippen MR) is 78.5 cm³/mol. The van der Waals surface area contributed by atoms with E-state index in [2.05, 4.69) is 15.9 Å². The van der Waals surface area contributed by atoms with E-state index in [-0.39, 0.29) is 37.2 Å². The Hall–Kier alpha value is -1.63. The molecule has 0 saturated carbocycles. The number of carbonyl (C=O) groups excluding carboxylic acids is 2. The zero-order valence-electron chi connectivity index (χ0n) is 11.9. The highest BCUT2D eigenvalue weighted by molar-refractivity contribution is 9.10. The van der Waals surface area contributed by atoms with Gasteiger partial charge in [0.25, 0.3) is 5.91 Å². The van der Waals surface area contributed by atoms with Crippen molar-refractivity contribution in [1.29, 1.82) is 0 Å². The maximum atomic E-state index is 13.5. The maximum Gasteiger partial charge on any atom is 0.307 e. The van der Waals surface area contributed by atoms with E-state index in [0.29, 0.717) is 11.1 Å². The van der Waals surface area contributed by atoms with Crippen LogP contribution >= 0.6 is 15.9 Å². The smallest absolute Gasteiger partial charge is 0.307 e. The number of benzene rings is 1. The molecule has 0 fully saturated rings. The third-order valence-corrected chi connectivity index (χ3v) is 3.12. The number of hydrogen-bond donors (Lipinski definition) is 0. The quantitative estimate of drug-likeness (QED) is 0.699. The first-order chi connectivity index (χ1) is 9.93.